The number of rotatable bonds is 13. The molecule has 1 saturated carbocycles. The van der Waals surface area contributed by atoms with E-state index in [1.165, 1.54) is 4.90 Å². The first-order valence-electron chi connectivity index (χ1n) is 16.2. The second-order valence-electron chi connectivity index (χ2n) is 13.9. The second kappa shape index (κ2) is 14.5. The largest absolute Gasteiger partial charge is 0.480 e. The molecule has 2 aliphatic rings. The van der Waals surface area contributed by atoms with Crippen molar-refractivity contribution in [3.63, 3.8) is 0 Å². The topological polar surface area (TPSA) is 167 Å². The molecule has 4 amide bonds. The first kappa shape index (κ1) is 34.6. The predicted molar refractivity (Wildman–Crippen MR) is 172 cm³/mol. The van der Waals surface area contributed by atoms with Gasteiger partial charge < -0.3 is 30.7 Å². The van der Waals surface area contributed by atoms with Crippen LogP contribution in [-0.2, 0) is 19.1 Å². The van der Waals surface area contributed by atoms with Gasteiger partial charge in [-0.15, -0.1) is 0 Å². The number of aliphatic carboxylic acids is 1. The number of carbonyl (C=O) groups is 5. The van der Waals surface area contributed by atoms with Gasteiger partial charge in [-0.3, -0.25) is 19.4 Å². The molecule has 2 aromatic rings. The molecule has 3 atom stereocenters. The monoisotopic (exact) mass is 637 g/mol. The normalized spacial score (nSPS) is 19.4. The molecule has 4 rings (SSSR count). The maximum Gasteiger partial charge on any atom is 0.408 e. The van der Waals surface area contributed by atoms with Crippen molar-refractivity contribution in [3.8, 4) is 0 Å². The fourth-order valence-electron chi connectivity index (χ4n) is 5.73. The number of unbranched alkanes of at least 4 members (excludes halogenated alkanes) is 2. The Kier molecular flexibility index (Phi) is 10.9. The van der Waals surface area contributed by atoms with Crippen LogP contribution in [0.5, 0.6) is 0 Å². The molecule has 1 aromatic carbocycles. The van der Waals surface area contributed by atoms with Crippen LogP contribution >= 0.6 is 0 Å². The molecule has 46 heavy (non-hydrogen) atoms. The summed E-state index contributed by atoms with van der Waals surface area (Å²) in [5, 5.41) is 18.9. The second-order valence-corrected chi connectivity index (χ2v) is 13.9. The van der Waals surface area contributed by atoms with Crippen molar-refractivity contribution in [1.82, 2.24) is 25.8 Å². The summed E-state index contributed by atoms with van der Waals surface area (Å²) in [5.41, 5.74) is -1.10. The molecular weight excluding hydrogens is 590 g/mol. The number of hydrogen-bond donors (Lipinski definition) is 4. The number of alkyl carbamates (subject to hydrolysis) is 1. The van der Waals surface area contributed by atoms with E-state index in [2.05, 4.69) is 34.8 Å². The molecule has 250 valence electrons. The number of carboxylic acid groups (broad SMARTS) is 1. The number of carboxylic acids is 1. The van der Waals surface area contributed by atoms with Crippen LogP contribution in [0.1, 0.15) is 96.3 Å². The van der Waals surface area contributed by atoms with Crippen molar-refractivity contribution >= 4 is 40.7 Å². The van der Waals surface area contributed by atoms with Crippen LogP contribution in [0.2, 0.25) is 0 Å². The lowest BCUT2D eigenvalue weighted by molar-refractivity contribution is -0.145. The molecule has 4 N–H and O–H groups in total. The van der Waals surface area contributed by atoms with Crippen molar-refractivity contribution in [2.75, 3.05) is 6.54 Å². The number of benzene rings is 1. The van der Waals surface area contributed by atoms with E-state index in [0.717, 1.165) is 24.6 Å². The molecule has 1 aromatic heterocycles. The molecule has 1 aliphatic carbocycles. The third kappa shape index (κ3) is 9.17. The third-order valence-electron chi connectivity index (χ3n) is 8.38. The molecule has 12 nitrogen and oxygen atoms in total. The Hall–Kier alpha value is -4.22. The highest BCUT2D eigenvalue weighted by atomic mass is 16.6. The van der Waals surface area contributed by atoms with Crippen LogP contribution < -0.4 is 16.0 Å². The van der Waals surface area contributed by atoms with Gasteiger partial charge in [0.25, 0.3) is 5.91 Å². The lowest BCUT2D eigenvalue weighted by atomic mass is 10.0. The number of hydrogen-bond acceptors (Lipinski definition) is 7. The molecule has 2 heterocycles. The zero-order chi connectivity index (χ0) is 33.6. The third-order valence-corrected chi connectivity index (χ3v) is 8.38. The maximum atomic E-state index is 14.1. The van der Waals surface area contributed by atoms with Gasteiger partial charge >= 0.3 is 12.1 Å². The average Bonchev–Trinajstić information content (AvgIpc) is 3.65. The maximum absolute atomic E-state index is 14.1. The van der Waals surface area contributed by atoms with Gasteiger partial charge in [-0.05, 0) is 70.6 Å². The smallest absolute Gasteiger partial charge is 0.408 e. The van der Waals surface area contributed by atoms with Gasteiger partial charge in [0.1, 0.15) is 23.2 Å². The molecule has 0 unspecified atom stereocenters. The van der Waals surface area contributed by atoms with E-state index in [-0.39, 0.29) is 18.9 Å². The highest BCUT2D eigenvalue weighted by Crippen LogP contribution is 2.36. The standard InChI is InChI=1S/C34H47N5O7/c1-21(2)10-7-6-8-12-25(37-32(45)46-33(3,4)5)30(42)39-20-24(19-27(39)29(41)38-34(15-16-34)31(43)44)36-28(40)23-14-13-22-11-9-17-35-26(22)18-23/h9,11,13-14,17-18,21,24-25,27H,6-8,10,12,15-16,19-20H2,1-5H3,(H,36,40)(H,37,45)(H,38,41)(H,43,44)/t24-,25+,27+/m1/s1. The van der Waals surface area contributed by atoms with E-state index in [1.807, 2.05) is 12.1 Å². The van der Waals surface area contributed by atoms with E-state index in [4.69, 9.17) is 4.74 Å². The number of fused-ring (bicyclic) bond motifs is 1. The quantitative estimate of drug-likeness (QED) is 0.238. The summed E-state index contributed by atoms with van der Waals surface area (Å²) >= 11 is 0. The number of nitrogens with zero attached hydrogens (tertiary/aromatic N) is 2. The average molecular weight is 638 g/mol. The van der Waals surface area contributed by atoms with Crippen molar-refractivity contribution in [1.29, 1.82) is 0 Å². The van der Waals surface area contributed by atoms with Gasteiger partial charge in [-0.2, -0.15) is 0 Å². The van der Waals surface area contributed by atoms with E-state index >= 15 is 0 Å². The number of ether oxygens (including phenoxy) is 1. The van der Waals surface area contributed by atoms with E-state index in [1.54, 1.807) is 45.2 Å². The summed E-state index contributed by atoms with van der Waals surface area (Å²) in [6.07, 6.45) is 5.47. The highest BCUT2D eigenvalue weighted by Gasteiger charge is 2.54. The van der Waals surface area contributed by atoms with Crippen LogP contribution in [-0.4, -0.2) is 80.6 Å². The van der Waals surface area contributed by atoms with E-state index in [9.17, 15) is 29.1 Å². The molecule has 0 radical (unpaired) electrons. The van der Waals surface area contributed by atoms with Crippen molar-refractivity contribution in [3.05, 3.63) is 42.1 Å². The van der Waals surface area contributed by atoms with E-state index < -0.39 is 53.1 Å². The van der Waals surface area contributed by atoms with Gasteiger partial charge in [-0.25, -0.2) is 9.59 Å². The lowest BCUT2D eigenvalue weighted by Gasteiger charge is -2.30. The summed E-state index contributed by atoms with van der Waals surface area (Å²) in [6, 6.07) is 6.25. The first-order chi connectivity index (χ1) is 21.7. The Labute approximate surface area is 270 Å². The molecular formula is C34H47N5O7. The number of aromatic nitrogens is 1. The molecule has 0 bridgehead atoms. The van der Waals surface area contributed by atoms with Gasteiger partial charge in [-0.1, -0.05) is 51.7 Å². The summed E-state index contributed by atoms with van der Waals surface area (Å²) in [6.45, 7) is 9.49. The van der Waals surface area contributed by atoms with E-state index in [0.29, 0.717) is 42.7 Å². The van der Waals surface area contributed by atoms with Gasteiger partial charge in [0, 0.05) is 29.7 Å². The minimum atomic E-state index is -1.35. The molecule has 2 fully saturated rings. The molecule has 12 heteroatoms. The van der Waals surface area contributed by atoms with Crippen LogP contribution in [0.15, 0.2) is 36.5 Å². The lowest BCUT2D eigenvalue weighted by Crippen LogP contribution is -2.56. The summed E-state index contributed by atoms with van der Waals surface area (Å²) in [7, 11) is 0. The van der Waals surface area contributed by atoms with Crippen molar-refractivity contribution in [2.45, 2.75) is 115 Å². The fraction of sp³-hybridized carbons (Fsp3) is 0.588. The minimum Gasteiger partial charge on any atom is -0.480 e. The summed E-state index contributed by atoms with van der Waals surface area (Å²) < 4.78 is 5.44. The SMILES string of the molecule is CC(C)CCCCC[C@H](NC(=O)OC(C)(C)C)C(=O)N1C[C@H](NC(=O)c2ccc3cccnc3c2)C[C@H]1C(=O)NC1(C(=O)O)CC1. The fourth-order valence-corrected chi connectivity index (χ4v) is 5.73. The Bertz CT molecular complexity index is 1450. The van der Waals surface area contributed by atoms with Crippen molar-refractivity contribution < 1.29 is 33.8 Å². The molecule has 1 saturated heterocycles. The van der Waals surface area contributed by atoms with Crippen LogP contribution in [0.25, 0.3) is 10.9 Å². The van der Waals surface area contributed by atoms with Crippen LogP contribution in [0, 0.1) is 5.92 Å². The highest BCUT2D eigenvalue weighted by molar-refractivity contribution is 5.99. The van der Waals surface area contributed by atoms with Gasteiger partial charge in [0.15, 0.2) is 0 Å². The summed E-state index contributed by atoms with van der Waals surface area (Å²) in [4.78, 5) is 71.3. The Morgan fingerprint density at radius 2 is 1.78 bits per heavy atom. The van der Waals surface area contributed by atoms with Gasteiger partial charge in [0.2, 0.25) is 11.8 Å². The minimum absolute atomic E-state index is 0.00834. The predicted octanol–water partition coefficient (Wildman–Crippen LogP) is 4.17. The Balaban J connectivity index is 1.53. The van der Waals surface area contributed by atoms with Crippen molar-refractivity contribution in [2.24, 2.45) is 5.92 Å². The number of carbonyl (C=O) groups excluding carboxylic acids is 4. The number of nitrogens with one attached hydrogen (secondary N) is 3. The zero-order valence-corrected chi connectivity index (χ0v) is 27.4. The Morgan fingerprint density at radius 1 is 1.07 bits per heavy atom. The molecule has 1 aliphatic heterocycles. The first-order valence-corrected chi connectivity index (χ1v) is 16.2. The number of likely N-dealkylation sites (tertiary alicyclic amines) is 1. The van der Waals surface area contributed by atoms with Gasteiger partial charge in [0.05, 0.1) is 5.52 Å². The number of pyridine rings is 1. The van der Waals surface area contributed by atoms with Crippen LogP contribution in [0.3, 0.4) is 0 Å². The molecule has 0 spiro atoms. The summed E-state index contributed by atoms with van der Waals surface area (Å²) in [5.74, 6) is -2.05. The zero-order valence-electron chi connectivity index (χ0n) is 27.4. The van der Waals surface area contributed by atoms with Crippen LogP contribution in [0.4, 0.5) is 4.79 Å². The Morgan fingerprint density at radius 3 is 2.43 bits per heavy atom. The number of amides is 4.